The van der Waals surface area contributed by atoms with Crippen molar-refractivity contribution in [1.29, 1.82) is 0 Å². The Morgan fingerprint density at radius 3 is 2.54 bits per heavy atom. The first-order valence-corrected chi connectivity index (χ1v) is 8.95. The number of aryl methyl sites for hydroxylation is 1. The number of nitrogens with one attached hydrogen (secondary N) is 1. The van der Waals surface area contributed by atoms with Gasteiger partial charge in [0, 0.05) is 30.6 Å². The molecule has 142 valence electrons. The Kier molecular flexibility index (Phi) is 4.80. The highest BCUT2D eigenvalue weighted by Gasteiger charge is 2.17. The summed E-state index contributed by atoms with van der Waals surface area (Å²) in [6.07, 6.45) is 0. The number of hydrogen-bond donors (Lipinski definition) is 1. The second kappa shape index (κ2) is 7.56. The van der Waals surface area contributed by atoms with Gasteiger partial charge in [-0.3, -0.25) is 4.79 Å². The highest BCUT2D eigenvalue weighted by Crippen LogP contribution is 2.33. The van der Waals surface area contributed by atoms with Crippen LogP contribution in [0.2, 0.25) is 0 Å². The molecule has 0 unspecified atom stereocenters. The molecule has 1 aromatic heterocycles. The number of hydrogen-bond acceptors (Lipinski definition) is 6. The van der Waals surface area contributed by atoms with Gasteiger partial charge in [0.25, 0.3) is 5.91 Å². The molecule has 0 saturated carbocycles. The van der Waals surface area contributed by atoms with Crippen molar-refractivity contribution in [3.8, 4) is 11.5 Å². The predicted octanol–water partition coefficient (Wildman–Crippen LogP) is 3.58. The summed E-state index contributed by atoms with van der Waals surface area (Å²) >= 11 is 0. The van der Waals surface area contributed by atoms with E-state index in [-0.39, 0.29) is 5.91 Å². The quantitative estimate of drug-likeness (QED) is 0.750. The van der Waals surface area contributed by atoms with Gasteiger partial charge < -0.3 is 19.7 Å². The van der Waals surface area contributed by atoms with Gasteiger partial charge in [0.1, 0.15) is 30.5 Å². The van der Waals surface area contributed by atoms with E-state index in [4.69, 9.17) is 9.47 Å². The number of rotatable bonds is 4. The van der Waals surface area contributed by atoms with Crippen molar-refractivity contribution in [3.05, 3.63) is 66.1 Å². The van der Waals surface area contributed by atoms with Gasteiger partial charge in [-0.2, -0.15) is 0 Å². The number of amides is 1. The van der Waals surface area contributed by atoms with E-state index in [2.05, 4.69) is 15.3 Å². The highest BCUT2D eigenvalue weighted by atomic mass is 16.6. The molecular formula is C21H20N4O3. The zero-order valence-electron chi connectivity index (χ0n) is 15.7. The van der Waals surface area contributed by atoms with Crippen molar-refractivity contribution in [2.75, 3.05) is 30.5 Å². The maximum Gasteiger partial charge on any atom is 0.276 e. The van der Waals surface area contributed by atoms with Gasteiger partial charge >= 0.3 is 0 Å². The topological polar surface area (TPSA) is 76.6 Å². The molecule has 1 aliphatic heterocycles. The lowest BCUT2D eigenvalue weighted by atomic mass is 10.2. The molecule has 1 aliphatic rings. The number of carbonyl (C=O) groups excluding carboxylic acids is 1. The van der Waals surface area contributed by atoms with E-state index in [1.807, 2.05) is 48.5 Å². The molecule has 7 nitrogen and oxygen atoms in total. The van der Waals surface area contributed by atoms with Gasteiger partial charge in [-0.1, -0.05) is 18.2 Å². The van der Waals surface area contributed by atoms with Crippen molar-refractivity contribution >= 4 is 23.1 Å². The van der Waals surface area contributed by atoms with Crippen molar-refractivity contribution in [1.82, 2.24) is 9.97 Å². The number of anilines is 3. The van der Waals surface area contributed by atoms with Crippen LogP contribution in [0.25, 0.3) is 0 Å². The molecule has 7 heteroatoms. The molecule has 0 atom stereocenters. The fourth-order valence-electron chi connectivity index (χ4n) is 2.95. The minimum atomic E-state index is -0.207. The van der Waals surface area contributed by atoms with E-state index < -0.39 is 0 Å². The first kappa shape index (κ1) is 17.8. The van der Waals surface area contributed by atoms with Crippen molar-refractivity contribution in [3.63, 3.8) is 0 Å². The third kappa shape index (κ3) is 3.73. The lowest BCUT2D eigenvalue weighted by molar-refractivity contribution is 0.0988. The summed E-state index contributed by atoms with van der Waals surface area (Å²) in [5.74, 6) is 2.24. The molecule has 4 rings (SSSR count). The van der Waals surface area contributed by atoms with E-state index in [1.54, 1.807) is 24.9 Å². The van der Waals surface area contributed by atoms with Crippen LogP contribution < -0.4 is 19.7 Å². The van der Waals surface area contributed by atoms with Gasteiger partial charge in [-0.05, 0) is 31.2 Å². The molecule has 2 aromatic carbocycles. The fourth-order valence-corrected chi connectivity index (χ4v) is 2.95. The minimum absolute atomic E-state index is 0.207. The van der Waals surface area contributed by atoms with Crippen molar-refractivity contribution in [2.24, 2.45) is 0 Å². The lowest BCUT2D eigenvalue weighted by Gasteiger charge is -2.19. The lowest BCUT2D eigenvalue weighted by Crippen LogP contribution is -2.27. The van der Waals surface area contributed by atoms with Crippen LogP contribution >= 0.6 is 0 Å². The standard InChI is InChI=1S/C21H20N4O3/c1-14-22-17(21(26)25(2)16-6-4-3-5-7-16)13-20(23-14)24-15-8-9-18-19(12-15)28-11-10-27-18/h3-9,12-13H,10-11H2,1-2H3,(H,22,23,24). The van der Waals surface area contributed by atoms with E-state index in [1.165, 1.54) is 0 Å². The van der Waals surface area contributed by atoms with Crippen LogP contribution in [0.4, 0.5) is 17.2 Å². The summed E-state index contributed by atoms with van der Waals surface area (Å²) in [4.78, 5) is 23.1. The van der Waals surface area contributed by atoms with Crippen LogP contribution in [-0.4, -0.2) is 36.1 Å². The Morgan fingerprint density at radius 1 is 1.00 bits per heavy atom. The van der Waals surface area contributed by atoms with E-state index in [9.17, 15) is 4.79 Å². The van der Waals surface area contributed by atoms with Gasteiger partial charge in [0.15, 0.2) is 11.5 Å². The second-order valence-corrected chi connectivity index (χ2v) is 6.37. The Balaban J connectivity index is 1.58. The summed E-state index contributed by atoms with van der Waals surface area (Å²) in [5.41, 5.74) is 1.90. The maximum absolute atomic E-state index is 12.9. The molecule has 0 aliphatic carbocycles. The molecular weight excluding hydrogens is 356 g/mol. The predicted molar refractivity (Wildman–Crippen MR) is 107 cm³/mol. The highest BCUT2D eigenvalue weighted by molar-refractivity contribution is 6.04. The molecule has 1 N–H and O–H groups in total. The second-order valence-electron chi connectivity index (χ2n) is 6.37. The van der Waals surface area contributed by atoms with E-state index in [0.717, 1.165) is 17.1 Å². The Morgan fingerprint density at radius 2 is 1.75 bits per heavy atom. The molecule has 0 fully saturated rings. The summed E-state index contributed by atoms with van der Waals surface area (Å²) in [7, 11) is 1.73. The number of para-hydroxylation sites is 1. The van der Waals surface area contributed by atoms with Crippen LogP contribution in [0.5, 0.6) is 11.5 Å². The van der Waals surface area contributed by atoms with E-state index in [0.29, 0.717) is 36.3 Å². The van der Waals surface area contributed by atoms with Gasteiger partial charge in [-0.25, -0.2) is 9.97 Å². The summed E-state index contributed by atoms with van der Waals surface area (Å²) in [6, 6.07) is 16.7. The molecule has 2 heterocycles. The largest absolute Gasteiger partial charge is 0.486 e. The minimum Gasteiger partial charge on any atom is -0.486 e. The number of aromatic nitrogens is 2. The monoisotopic (exact) mass is 376 g/mol. The molecule has 0 radical (unpaired) electrons. The Labute approximate surface area is 163 Å². The average Bonchev–Trinajstić information content (AvgIpc) is 2.73. The summed E-state index contributed by atoms with van der Waals surface area (Å²) in [5, 5.41) is 3.21. The number of carbonyl (C=O) groups is 1. The van der Waals surface area contributed by atoms with Crippen LogP contribution in [-0.2, 0) is 0 Å². The number of benzene rings is 2. The van der Waals surface area contributed by atoms with Crippen LogP contribution in [0.15, 0.2) is 54.6 Å². The zero-order chi connectivity index (χ0) is 19.5. The van der Waals surface area contributed by atoms with Crippen LogP contribution in [0, 0.1) is 6.92 Å². The SMILES string of the molecule is Cc1nc(Nc2ccc3c(c2)OCCO3)cc(C(=O)N(C)c2ccccc2)n1. The third-order valence-electron chi connectivity index (χ3n) is 4.32. The first-order valence-electron chi connectivity index (χ1n) is 8.95. The van der Waals surface area contributed by atoms with Gasteiger partial charge in [-0.15, -0.1) is 0 Å². The third-order valence-corrected chi connectivity index (χ3v) is 4.32. The number of nitrogens with zero attached hydrogens (tertiary/aromatic N) is 3. The molecule has 0 bridgehead atoms. The average molecular weight is 376 g/mol. The maximum atomic E-state index is 12.9. The van der Waals surface area contributed by atoms with Crippen LogP contribution in [0.3, 0.4) is 0 Å². The number of ether oxygens (including phenoxy) is 2. The Bertz CT molecular complexity index is 1010. The van der Waals surface area contributed by atoms with E-state index >= 15 is 0 Å². The fraction of sp³-hybridized carbons (Fsp3) is 0.190. The molecule has 3 aromatic rings. The van der Waals surface area contributed by atoms with Gasteiger partial charge in [0.05, 0.1) is 0 Å². The van der Waals surface area contributed by atoms with Gasteiger partial charge in [0.2, 0.25) is 0 Å². The molecule has 1 amide bonds. The Hall–Kier alpha value is -3.61. The van der Waals surface area contributed by atoms with Crippen molar-refractivity contribution < 1.29 is 14.3 Å². The molecule has 0 saturated heterocycles. The zero-order valence-corrected chi connectivity index (χ0v) is 15.7. The molecule has 0 spiro atoms. The normalized spacial score (nSPS) is 12.4. The summed E-state index contributed by atoms with van der Waals surface area (Å²) < 4.78 is 11.1. The molecule has 28 heavy (non-hydrogen) atoms. The first-order chi connectivity index (χ1) is 13.6. The summed E-state index contributed by atoms with van der Waals surface area (Å²) in [6.45, 7) is 2.83. The number of fused-ring (bicyclic) bond motifs is 1. The van der Waals surface area contributed by atoms with Crippen LogP contribution in [0.1, 0.15) is 16.3 Å². The van der Waals surface area contributed by atoms with Crippen molar-refractivity contribution in [2.45, 2.75) is 6.92 Å². The smallest absolute Gasteiger partial charge is 0.276 e.